The van der Waals surface area contributed by atoms with E-state index in [-0.39, 0.29) is 5.91 Å². The van der Waals surface area contributed by atoms with Gasteiger partial charge in [0.15, 0.2) is 0 Å². The van der Waals surface area contributed by atoms with Crippen LogP contribution in [-0.4, -0.2) is 41.0 Å². The first-order chi connectivity index (χ1) is 11.7. The predicted octanol–water partition coefficient (Wildman–Crippen LogP) is 2.00. The fraction of sp³-hybridized carbons (Fsp3) is 0.444. The molecule has 1 saturated heterocycles. The molecule has 0 aliphatic carbocycles. The van der Waals surface area contributed by atoms with Gasteiger partial charge in [-0.05, 0) is 50.3 Å². The average Bonchev–Trinajstić information content (AvgIpc) is 2.61. The molecule has 1 aliphatic heterocycles. The Morgan fingerprint density at radius 3 is 3.00 bits per heavy atom. The lowest BCUT2D eigenvalue weighted by Crippen LogP contribution is -2.36. The molecule has 1 N–H and O–H groups in total. The van der Waals surface area contributed by atoms with Crippen LogP contribution in [-0.2, 0) is 6.42 Å². The Morgan fingerprint density at radius 1 is 1.38 bits per heavy atom. The minimum atomic E-state index is -0.166. The SMILES string of the molecule is CNC(=O)c1cc(C[C@H]2CCCN(c3ccccn3)C2)nc(C)n1. The normalized spacial score (nSPS) is 17.6. The fourth-order valence-corrected chi connectivity index (χ4v) is 3.25. The smallest absolute Gasteiger partial charge is 0.269 e. The van der Waals surface area contributed by atoms with Gasteiger partial charge in [0, 0.05) is 32.0 Å². The molecular formula is C18H23N5O. The van der Waals surface area contributed by atoms with E-state index in [0.29, 0.717) is 17.4 Å². The second-order valence-electron chi connectivity index (χ2n) is 6.22. The molecule has 3 heterocycles. The van der Waals surface area contributed by atoms with Gasteiger partial charge in [0.1, 0.15) is 17.3 Å². The number of nitrogens with zero attached hydrogens (tertiary/aromatic N) is 4. The van der Waals surface area contributed by atoms with Gasteiger partial charge in [-0.1, -0.05) is 6.07 Å². The van der Waals surface area contributed by atoms with Gasteiger partial charge in [-0.3, -0.25) is 4.79 Å². The van der Waals surface area contributed by atoms with E-state index in [9.17, 15) is 4.79 Å². The molecule has 126 valence electrons. The molecule has 0 aromatic carbocycles. The van der Waals surface area contributed by atoms with E-state index >= 15 is 0 Å². The van der Waals surface area contributed by atoms with Crippen LogP contribution < -0.4 is 10.2 Å². The van der Waals surface area contributed by atoms with Crippen LogP contribution in [0.3, 0.4) is 0 Å². The summed E-state index contributed by atoms with van der Waals surface area (Å²) in [6.45, 7) is 3.84. The Bertz CT molecular complexity index is 704. The number of hydrogen-bond acceptors (Lipinski definition) is 5. The van der Waals surface area contributed by atoms with Crippen molar-refractivity contribution in [2.24, 2.45) is 5.92 Å². The van der Waals surface area contributed by atoms with Crippen molar-refractivity contribution in [2.45, 2.75) is 26.2 Å². The zero-order valence-electron chi connectivity index (χ0n) is 14.2. The average molecular weight is 325 g/mol. The molecule has 1 aliphatic rings. The number of rotatable bonds is 4. The summed E-state index contributed by atoms with van der Waals surface area (Å²) in [7, 11) is 1.62. The van der Waals surface area contributed by atoms with Gasteiger partial charge in [0.2, 0.25) is 0 Å². The van der Waals surface area contributed by atoms with Crippen molar-refractivity contribution in [3.8, 4) is 0 Å². The van der Waals surface area contributed by atoms with Crippen molar-refractivity contribution in [2.75, 3.05) is 25.0 Å². The minimum absolute atomic E-state index is 0.166. The molecule has 0 radical (unpaired) electrons. The molecule has 1 fully saturated rings. The third-order valence-electron chi connectivity index (χ3n) is 4.34. The van der Waals surface area contributed by atoms with Crippen LogP contribution in [0.15, 0.2) is 30.5 Å². The highest BCUT2D eigenvalue weighted by Crippen LogP contribution is 2.24. The molecule has 6 heteroatoms. The zero-order chi connectivity index (χ0) is 16.9. The van der Waals surface area contributed by atoms with Crippen molar-refractivity contribution >= 4 is 11.7 Å². The summed E-state index contributed by atoms with van der Waals surface area (Å²) in [5.41, 5.74) is 1.38. The second-order valence-corrected chi connectivity index (χ2v) is 6.22. The van der Waals surface area contributed by atoms with E-state index in [2.05, 4.69) is 31.2 Å². The van der Waals surface area contributed by atoms with Crippen molar-refractivity contribution in [3.05, 3.63) is 47.7 Å². The van der Waals surface area contributed by atoms with Crippen LogP contribution in [0.4, 0.5) is 5.82 Å². The molecule has 0 saturated carbocycles. The predicted molar refractivity (Wildman–Crippen MR) is 93.0 cm³/mol. The number of aryl methyl sites for hydroxylation is 1. The van der Waals surface area contributed by atoms with Crippen LogP contribution in [0.5, 0.6) is 0 Å². The van der Waals surface area contributed by atoms with Gasteiger partial charge >= 0.3 is 0 Å². The van der Waals surface area contributed by atoms with E-state index in [1.165, 1.54) is 6.42 Å². The van der Waals surface area contributed by atoms with Gasteiger partial charge in [0.25, 0.3) is 5.91 Å². The van der Waals surface area contributed by atoms with Gasteiger partial charge < -0.3 is 10.2 Å². The Balaban J connectivity index is 1.71. The summed E-state index contributed by atoms with van der Waals surface area (Å²) in [4.78, 5) is 27.4. The number of aromatic nitrogens is 3. The number of amides is 1. The topological polar surface area (TPSA) is 71.0 Å². The van der Waals surface area contributed by atoms with Crippen molar-refractivity contribution in [1.29, 1.82) is 0 Å². The number of hydrogen-bond donors (Lipinski definition) is 1. The maximum absolute atomic E-state index is 11.8. The first kappa shape index (κ1) is 16.4. The summed E-state index contributed by atoms with van der Waals surface area (Å²) in [6.07, 6.45) is 5.01. The molecule has 0 bridgehead atoms. The van der Waals surface area contributed by atoms with Crippen LogP contribution in [0, 0.1) is 12.8 Å². The summed E-state index contributed by atoms with van der Waals surface area (Å²) in [5, 5.41) is 2.62. The van der Waals surface area contributed by atoms with Gasteiger partial charge in [-0.2, -0.15) is 0 Å². The Kier molecular flexibility index (Phi) is 5.03. The van der Waals surface area contributed by atoms with Crippen LogP contribution in [0.25, 0.3) is 0 Å². The number of piperidine rings is 1. The first-order valence-electron chi connectivity index (χ1n) is 8.38. The molecule has 6 nitrogen and oxygen atoms in total. The highest BCUT2D eigenvalue weighted by atomic mass is 16.1. The molecular weight excluding hydrogens is 302 g/mol. The summed E-state index contributed by atoms with van der Waals surface area (Å²) in [6, 6.07) is 7.83. The summed E-state index contributed by atoms with van der Waals surface area (Å²) >= 11 is 0. The van der Waals surface area contributed by atoms with E-state index in [0.717, 1.165) is 37.4 Å². The first-order valence-corrected chi connectivity index (χ1v) is 8.38. The lowest BCUT2D eigenvalue weighted by molar-refractivity contribution is 0.0957. The van der Waals surface area contributed by atoms with Gasteiger partial charge in [-0.15, -0.1) is 0 Å². The molecule has 3 rings (SSSR count). The van der Waals surface area contributed by atoms with Crippen molar-refractivity contribution in [1.82, 2.24) is 20.3 Å². The third-order valence-corrected chi connectivity index (χ3v) is 4.34. The summed E-state index contributed by atoms with van der Waals surface area (Å²) < 4.78 is 0. The van der Waals surface area contributed by atoms with E-state index < -0.39 is 0 Å². The van der Waals surface area contributed by atoms with Crippen LogP contribution in [0.2, 0.25) is 0 Å². The number of pyridine rings is 1. The number of anilines is 1. The standard InChI is InChI=1S/C18H23N5O/c1-13-21-15(11-16(22-13)18(24)19-2)10-14-6-5-9-23(12-14)17-7-3-4-8-20-17/h3-4,7-8,11,14H,5-6,9-10,12H2,1-2H3,(H,19,24)/t14-/m1/s1. The lowest BCUT2D eigenvalue weighted by atomic mass is 9.93. The van der Waals surface area contributed by atoms with Crippen molar-refractivity contribution < 1.29 is 4.79 Å². The van der Waals surface area contributed by atoms with E-state index in [4.69, 9.17) is 0 Å². The number of carbonyl (C=O) groups excluding carboxylic acids is 1. The molecule has 2 aromatic rings. The molecule has 24 heavy (non-hydrogen) atoms. The van der Waals surface area contributed by atoms with Crippen LogP contribution in [0.1, 0.15) is 34.8 Å². The lowest BCUT2D eigenvalue weighted by Gasteiger charge is -2.33. The highest BCUT2D eigenvalue weighted by molar-refractivity contribution is 5.92. The minimum Gasteiger partial charge on any atom is -0.356 e. The monoisotopic (exact) mass is 325 g/mol. The molecule has 1 amide bonds. The summed E-state index contributed by atoms with van der Waals surface area (Å²) in [5.74, 6) is 2.02. The van der Waals surface area contributed by atoms with E-state index in [1.54, 1.807) is 7.05 Å². The second kappa shape index (κ2) is 7.38. The number of carbonyl (C=O) groups is 1. The molecule has 1 atom stereocenters. The van der Waals surface area contributed by atoms with Crippen molar-refractivity contribution in [3.63, 3.8) is 0 Å². The highest BCUT2D eigenvalue weighted by Gasteiger charge is 2.22. The fourth-order valence-electron chi connectivity index (χ4n) is 3.25. The third kappa shape index (κ3) is 3.88. The van der Waals surface area contributed by atoms with Crippen LogP contribution >= 0.6 is 0 Å². The Morgan fingerprint density at radius 2 is 2.25 bits per heavy atom. The molecule has 2 aromatic heterocycles. The maximum atomic E-state index is 11.8. The molecule has 0 unspecified atom stereocenters. The van der Waals surface area contributed by atoms with E-state index in [1.807, 2.05) is 31.3 Å². The quantitative estimate of drug-likeness (QED) is 0.931. The van der Waals surface area contributed by atoms with Gasteiger partial charge in [0.05, 0.1) is 0 Å². The molecule has 0 spiro atoms. The zero-order valence-corrected chi connectivity index (χ0v) is 14.2. The maximum Gasteiger partial charge on any atom is 0.269 e. The largest absolute Gasteiger partial charge is 0.356 e. The number of nitrogens with one attached hydrogen (secondary N) is 1. The Labute approximate surface area is 142 Å². The van der Waals surface area contributed by atoms with Gasteiger partial charge in [-0.25, -0.2) is 15.0 Å². The Hall–Kier alpha value is -2.50.